The minimum atomic E-state index is -1.01. The Labute approximate surface area is 159 Å². The number of rotatable bonds is 5. The number of hydrogen-bond donors (Lipinski definition) is 2. The van der Waals surface area contributed by atoms with E-state index in [0.717, 1.165) is 0 Å². The molecule has 0 aliphatic rings. The molecule has 2 aromatic carbocycles. The fourth-order valence-electron chi connectivity index (χ4n) is 1.85. The molecule has 0 saturated carbocycles. The van der Waals surface area contributed by atoms with Crippen molar-refractivity contribution < 1.29 is 18.7 Å². The molecule has 2 amide bonds. The van der Waals surface area contributed by atoms with Crippen molar-refractivity contribution in [2.45, 2.75) is 13.0 Å². The van der Waals surface area contributed by atoms with Crippen LogP contribution >= 0.6 is 23.2 Å². The second-order valence-corrected chi connectivity index (χ2v) is 6.01. The van der Waals surface area contributed by atoms with Crippen LogP contribution < -0.4 is 15.6 Å². The lowest BCUT2D eigenvalue weighted by Crippen LogP contribution is -2.46. The molecule has 8 heteroatoms. The number of hydrazine groups is 1. The van der Waals surface area contributed by atoms with E-state index in [1.807, 2.05) is 0 Å². The maximum absolute atomic E-state index is 13.5. The van der Waals surface area contributed by atoms with Crippen LogP contribution in [0.2, 0.25) is 10.0 Å². The highest BCUT2D eigenvalue weighted by Gasteiger charge is 2.16. The quantitative estimate of drug-likeness (QED) is 0.597. The number of halogens is 3. The van der Waals surface area contributed by atoms with Crippen LogP contribution in [0.5, 0.6) is 5.75 Å². The molecule has 2 N–H and O–H groups in total. The SMILES string of the molecule is C[C@H](Oc1ccccc1F)C(=O)NNC(=O)/C=C/c1ccc(Cl)cc1Cl. The van der Waals surface area contributed by atoms with Gasteiger partial charge in [0.25, 0.3) is 11.8 Å². The zero-order valence-electron chi connectivity index (χ0n) is 13.6. The zero-order chi connectivity index (χ0) is 19.1. The fourth-order valence-corrected chi connectivity index (χ4v) is 2.32. The van der Waals surface area contributed by atoms with Crippen LogP contribution in [0.15, 0.2) is 48.5 Å². The average molecular weight is 397 g/mol. The summed E-state index contributed by atoms with van der Waals surface area (Å²) in [5, 5.41) is 0.866. The van der Waals surface area contributed by atoms with Crippen molar-refractivity contribution in [2.75, 3.05) is 0 Å². The molecule has 1 atom stereocenters. The number of benzene rings is 2. The van der Waals surface area contributed by atoms with Gasteiger partial charge in [-0.25, -0.2) is 4.39 Å². The third kappa shape index (κ3) is 5.75. The van der Waals surface area contributed by atoms with E-state index < -0.39 is 23.7 Å². The molecule has 0 radical (unpaired) electrons. The minimum Gasteiger partial charge on any atom is -0.478 e. The van der Waals surface area contributed by atoms with E-state index in [4.69, 9.17) is 27.9 Å². The van der Waals surface area contributed by atoms with E-state index in [9.17, 15) is 14.0 Å². The van der Waals surface area contributed by atoms with Crippen molar-refractivity contribution >= 4 is 41.1 Å². The lowest BCUT2D eigenvalue weighted by molar-refractivity contribution is -0.131. The van der Waals surface area contributed by atoms with Gasteiger partial charge in [0.05, 0.1) is 0 Å². The molecule has 0 aromatic heterocycles. The topological polar surface area (TPSA) is 67.4 Å². The van der Waals surface area contributed by atoms with Gasteiger partial charge in [0.1, 0.15) is 0 Å². The van der Waals surface area contributed by atoms with Crippen molar-refractivity contribution in [1.29, 1.82) is 0 Å². The minimum absolute atomic E-state index is 0.0567. The molecule has 0 unspecified atom stereocenters. The monoisotopic (exact) mass is 396 g/mol. The van der Waals surface area contributed by atoms with Crippen LogP contribution in [0.1, 0.15) is 12.5 Å². The van der Waals surface area contributed by atoms with Crippen LogP contribution in [-0.4, -0.2) is 17.9 Å². The molecule has 0 heterocycles. The number of nitrogens with one attached hydrogen (secondary N) is 2. The van der Waals surface area contributed by atoms with Gasteiger partial charge >= 0.3 is 0 Å². The van der Waals surface area contributed by atoms with E-state index in [1.54, 1.807) is 24.3 Å². The van der Waals surface area contributed by atoms with E-state index in [1.165, 1.54) is 37.3 Å². The van der Waals surface area contributed by atoms with Crippen LogP contribution in [0.4, 0.5) is 4.39 Å². The number of hydrogen-bond acceptors (Lipinski definition) is 3. The number of ether oxygens (including phenoxy) is 1. The Morgan fingerprint density at radius 2 is 1.88 bits per heavy atom. The summed E-state index contributed by atoms with van der Waals surface area (Å²) >= 11 is 11.8. The van der Waals surface area contributed by atoms with Gasteiger partial charge in [0.2, 0.25) is 0 Å². The van der Waals surface area contributed by atoms with Crippen LogP contribution in [0, 0.1) is 5.82 Å². The highest BCUT2D eigenvalue weighted by atomic mass is 35.5. The zero-order valence-corrected chi connectivity index (χ0v) is 15.1. The first kappa shape index (κ1) is 19.8. The van der Waals surface area contributed by atoms with Gasteiger partial charge in [-0.2, -0.15) is 0 Å². The number of carbonyl (C=O) groups is 2. The Hall–Kier alpha value is -2.57. The van der Waals surface area contributed by atoms with Gasteiger partial charge in [-0.15, -0.1) is 0 Å². The molecule has 0 saturated heterocycles. The first-order chi connectivity index (χ1) is 12.4. The second-order valence-electron chi connectivity index (χ2n) is 5.17. The Kier molecular flexibility index (Phi) is 7.00. The molecule has 0 fully saturated rings. The van der Waals surface area contributed by atoms with Crippen LogP contribution in [0.3, 0.4) is 0 Å². The lowest BCUT2D eigenvalue weighted by atomic mass is 10.2. The smallest absolute Gasteiger partial charge is 0.279 e. The summed E-state index contributed by atoms with van der Waals surface area (Å²) in [5.74, 6) is -1.86. The van der Waals surface area contributed by atoms with Gasteiger partial charge in [0, 0.05) is 16.1 Å². The van der Waals surface area contributed by atoms with E-state index in [2.05, 4.69) is 10.9 Å². The average Bonchev–Trinajstić information content (AvgIpc) is 2.60. The van der Waals surface area contributed by atoms with Crippen LogP contribution in [-0.2, 0) is 9.59 Å². The molecular weight excluding hydrogens is 382 g/mol. The van der Waals surface area contributed by atoms with Gasteiger partial charge in [-0.3, -0.25) is 20.4 Å². The Morgan fingerprint density at radius 1 is 1.15 bits per heavy atom. The third-order valence-electron chi connectivity index (χ3n) is 3.20. The normalized spacial score (nSPS) is 11.8. The van der Waals surface area contributed by atoms with Crippen molar-refractivity contribution in [3.63, 3.8) is 0 Å². The molecule has 0 aliphatic carbocycles. The summed E-state index contributed by atoms with van der Waals surface area (Å²) in [6, 6.07) is 10.5. The van der Waals surface area contributed by atoms with Gasteiger partial charge < -0.3 is 4.74 Å². The van der Waals surface area contributed by atoms with Crippen molar-refractivity contribution in [3.05, 3.63) is 70.0 Å². The first-order valence-electron chi connectivity index (χ1n) is 7.51. The second kappa shape index (κ2) is 9.22. The first-order valence-corrected chi connectivity index (χ1v) is 8.26. The number of amides is 2. The van der Waals surface area contributed by atoms with Gasteiger partial charge in [-0.05, 0) is 42.8 Å². The third-order valence-corrected chi connectivity index (χ3v) is 3.76. The molecule has 2 aromatic rings. The molecule has 2 rings (SSSR count). The molecular formula is C18H15Cl2FN2O3. The van der Waals surface area contributed by atoms with E-state index >= 15 is 0 Å². The summed E-state index contributed by atoms with van der Waals surface area (Å²) in [4.78, 5) is 23.6. The number of para-hydroxylation sites is 1. The highest BCUT2D eigenvalue weighted by Crippen LogP contribution is 2.21. The standard InChI is InChI=1S/C18H15Cl2FN2O3/c1-11(26-16-5-3-2-4-15(16)21)18(25)23-22-17(24)9-7-12-6-8-13(19)10-14(12)20/h2-11H,1H3,(H,22,24)(H,23,25)/b9-7+/t11-/m0/s1. The van der Waals surface area contributed by atoms with Crippen LogP contribution in [0.25, 0.3) is 6.08 Å². The maximum atomic E-state index is 13.5. The summed E-state index contributed by atoms with van der Waals surface area (Å²) in [6.45, 7) is 1.43. The fraction of sp³-hybridized carbons (Fsp3) is 0.111. The van der Waals surface area contributed by atoms with E-state index in [-0.39, 0.29) is 5.75 Å². The van der Waals surface area contributed by atoms with Gasteiger partial charge in [0.15, 0.2) is 17.7 Å². The maximum Gasteiger partial charge on any atom is 0.279 e. The molecule has 0 aliphatic heterocycles. The Bertz CT molecular complexity index is 843. The predicted octanol–water partition coefficient (Wildman–Crippen LogP) is 3.76. The number of carbonyl (C=O) groups excluding carboxylic acids is 2. The Balaban J connectivity index is 1.85. The molecule has 0 bridgehead atoms. The van der Waals surface area contributed by atoms with Crippen molar-refractivity contribution in [2.24, 2.45) is 0 Å². The summed E-state index contributed by atoms with van der Waals surface area (Å²) in [7, 11) is 0. The molecule has 26 heavy (non-hydrogen) atoms. The van der Waals surface area contributed by atoms with Crippen molar-refractivity contribution in [3.8, 4) is 5.75 Å². The van der Waals surface area contributed by atoms with E-state index in [0.29, 0.717) is 15.6 Å². The molecule has 0 spiro atoms. The largest absolute Gasteiger partial charge is 0.478 e. The summed E-state index contributed by atoms with van der Waals surface area (Å²) < 4.78 is 18.7. The summed E-state index contributed by atoms with van der Waals surface area (Å²) in [5.41, 5.74) is 4.98. The lowest BCUT2D eigenvalue weighted by Gasteiger charge is -2.15. The summed E-state index contributed by atoms with van der Waals surface area (Å²) in [6.07, 6.45) is 1.65. The molecule has 136 valence electrons. The van der Waals surface area contributed by atoms with Crippen molar-refractivity contribution in [1.82, 2.24) is 10.9 Å². The highest BCUT2D eigenvalue weighted by molar-refractivity contribution is 6.35. The predicted molar refractivity (Wildman–Crippen MR) is 98.3 cm³/mol. The Morgan fingerprint density at radius 3 is 2.58 bits per heavy atom. The molecule has 5 nitrogen and oxygen atoms in total. The van der Waals surface area contributed by atoms with Gasteiger partial charge in [-0.1, -0.05) is 41.4 Å².